The number of hydrogen-bond acceptors (Lipinski definition) is 8. The van der Waals surface area contributed by atoms with Crippen molar-refractivity contribution in [3.63, 3.8) is 0 Å². The lowest BCUT2D eigenvalue weighted by Gasteiger charge is -2.07. The Kier molecular flexibility index (Phi) is 15.0. The largest absolute Gasteiger partial charge is 0.478 e. The molecule has 0 aliphatic rings. The van der Waals surface area contributed by atoms with E-state index in [1.165, 1.54) is 0 Å². The highest BCUT2D eigenvalue weighted by Crippen LogP contribution is 2.21. The second-order valence-electron chi connectivity index (χ2n) is 7.16. The van der Waals surface area contributed by atoms with E-state index in [0.29, 0.717) is 30.1 Å². The van der Waals surface area contributed by atoms with Crippen molar-refractivity contribution in [3.05, 3.63) is 94.0 Å². The summed E-state index contributed by atoms with van der Waals surface area (Å²) in [7, 11) is 0. The first-order chi connectivity index (χ1) is 19.0. The molecule has 2 aromatic heterocycles. The van der Waals surface area contributed by atoms with Gasteiger partial charge in [0, 0.05) is 24.3 Å². The lowest BCUT2D eigenvalue weighted by atomic mass is 10.1. The molecule has 0 bridgehead atoms. The minimum Gasteiger partial charge on any atom is -0.478 e. The molecule has 0 fully saturated rings. The summed E-state index contributed by atoms with van der Waals surface area (Å²) in [5.41, 5.74) is 7.99. The minimum atomic E-state index is -1.26. The second-order valence-corrected chi connectivity index (χ2v) is 9.06. The third kappa shape index (κ3) is 15.2. The van der Waals surface area contributed by atoms with Crippen LogP contribution in [0.5, 0.6) is 0 Å². The highest BCUT2D eigenvalue weighted by atomic mass is 32.1. The first-order valence-corrected chi connectivity index (χ1v) is 12.8. The second kappa shape index (κ2) is 18.2. The van der Waals surface area contributed by atoms with Crippen molar-refractivity contribution in [3.8, 4) is 0 Å². The highest BCUT2D eigenvalue weighted by Gasteiger charge is 2.04. The maximum absolute atomic E-state index is 9.55. The van der Waals surface area contributed by atoms with Gasteiger partial charge in [0.05, 0.1) is 27.9 Å². The third-order valence-electron chi connectivity index (χ3n) is 4.16. The quantitative estimate of drug-likeness (QED) is 0.111. The van der Waals surface area contributed by atoms with E-state index in [-0.39, 0.29) is 6.04 Å². The first kappa shape index (κ1) is 32.9. The van der Waals surface area contributed by atoms with Crippen molar-refractivity contribution in [1.82, 2.24) is 0 Å². The number of aliphatic carboxylic acids is 4. The smallest absolute Gasteiger partial charge is 0.328 e. The normalized spacial score (nSPS) is 11.8. The Morgan fingerprint density at radius 2 is 1.30 bits per heavy atom. The zero-order valence-corrected chi connectivity index (χ0v) is 22.6. The Bertz CT molecular complexity index is 1280. The number of carboxylic acids is 4. The van der Waals surface area contributed by atoms with E-state index in [1.807, 2.05) is 59.3 Å². The fraction of sp³-hybridized carbons (Fsp3) is 0.0769. The van der Waals surface area contributed by atoms with Gasteiger partial charge in [0.2, 0.25) is 0 Å². The van der Waals surface area contributed by atoms with Crippen LogP contribution in [0.1, 0.15) is 23.4 Å². The number of rotatable bonds is 10. The number of thiophene rings is 2. The molecule has 0 amide bonds. The molecule has 1 unspecified atom stereocenters. The van der Waals surface area contributed by atoms with Crippen LogP contribution >= 0.6 is 22.7 Å². The average Bonchev–Trinajstić information content (AvgIpc) is 3.62. The van der Waals surface area contributed by atoms with E-state index in [9.17, 15) is 19.2 Å². The minimum absolute atomic E-state index is 0.0742. The van der Waals surface area contributed by atoms with E-state index >= 15 is 0 Å². The lowest BCUT2D eigenvalue weighted by Crippen LogP contribution is -2.10. The SMILES string of the molecule is CC(N=CNc1cccs1)c1ccc(N=C(N)c2cccs2)cc1.O=C(O)/C=C/C(=O)O.O=C(O)/C=C/C(=O)O. The average molecular weight is 587 g/mol. The molecule has 3 rings (SSSR count). The number of nitrogens with one attached hydrogen (secondary N) is 1. The molecule has 0 spiro atoms. The molecule has 3 aromatic rings. The van der Waals surface area contributed by atoms with E-state index in [4.69, 9.17) is 26.2 Å². The third-order valence-corrected chi connectivity index (χ3v) is 5.86. The van der Waals surface area contributed by atoms with Gasteiger partial charge in [0.25, 0.3) is 0 Å². The molecule has 0 saturated carbocycles. The van der Waals surface area contributed by atoms with Crippen LogP contribution in [0.4, 0.5) is 10.7 Å². The number of carboxylic acid groups (broad SMARTS) is 4. The van der Waals surface area contributed by atoms with Gasteiger partial charge in [0.15, 0.2) is 0 Å². The Balaban J connectivity index is 0.000000412. The van der Waals surface area contributed by atoms with Crippen LogP contribution in [-0.2, 0) is 19.2 Å². The topological polar surface area (TPSA) is 212 Å². The summed E-state index contributed by atoms with van der Waals surface area (Å²) in [6.07, 6.45) is 3.98. The summed E-state index contributed by atoms with van der Waals surface area (Å²) < 4.78 is 0. The number of hydrogen-bond donors (Lipinski definition) is 6. The van der Waals surface area contributed by atoms with Gasteiger partial charge >= 0.3 is 23.9 Å². The molecule has 0 aliphatic heterocycles. The molecular weight excluding hydrogens is 560 g/mol. The molecular formula is C26H26N4O8S2. The van der Waals surface area contributed by atoms with Crippen molar-refractivity contribution in [2.24, 2.45) is 15.7 Å². The molecule has 12 nitrogen and oxygen atoms in total. The number of nitrogens with two attached hydrogens (primary N) is 1. The number of benzene rings is 1. The van der Waals surface area contributed by atoms with Crippen molar-refractivity contribution in [2.75, 3.05) is 5.32 Å². The molecule has 7 N–H and O–H groups in total. The van der Waals surface area contributed by atoms with Crippen LogP contribution < -0.4 is 11.1 Å². The molecule has 1 aromatic carbocycles. The predicted octanol–water partition coefficient (Wildman–Crippen LogP) is 4.47. The Morgan fingerprint density at radius 1 is 0.800 bits per heavy atom. The van der Waals surface area contributed by atoms with Gasteiger partial charge in [-0.2, -0.15) is 0 Å². The van der Waals surface area contributed by atoms with Gasteiger partial charge in [-0.3, -0.25) is 4.99 Å². The molecule has 0 saturated heterocycles. The molecule has 1 atom stereocenters. The maximum Gasteiger partial charge on any atom is 0.328 e. The molecule has 0 aliphatic carbocycles. The number of aliphatic imine (C=N–C) groups is 2. The highest BCUT2D eigenvalue weighted by molar-refractivity contribution is 7.14. The van der Waals surface area contributed by atoms with Crippen LogP contribution in [0.3, 0.4) is 0 Å². The number of nitrogens with zero attached hydrogens (tertiary/aromatic N) is 2. The summed E-state index contributed by atoms with van der Waals surface area (Å²) in [6.45, 7) is 2.06. The van der Waals surface area contributed by atoms with Crippen molar-refractivity contribution < 1.29 is 39.6 Å². The lowest BCUT2D eigenvalue weighted by molar-refractivity contribution is -0.134. The van der Waals surface area contributed by atoms with Gasteiger partial charge in [-0.05, 0) is 53.6 Å². The number of amidine groups is 1. The molecule has 210 valence electrons. The van der Waals surface area contributed by atoms with Gasteiger partial charge in [0.1, 0.15) is 5.84 Å². The van der Waals surface area contributed by atoms with Gasteiger partial charge in [-0.15, -0.1) is 22.7 Å². The predicted molar refractivity (Wildman–Crippen MR) is 155 cm³/mol. The van der Waals surface area contributed by atoms with Crippen LogP contribution in [0.25, 0.3) is 0 Å². The monoisotopic (exact) mass is 586 g/mol. The van der Waals surface area contributed by atoms with Crippen LogP contribution in [0.2, 0.25) is 0 Å². The molecule has 40 heavy (non-hydrogen) atoms. The summed E-state index contributed by atoms with van der Waals surface area (Å²) in [5.74, 6) is -4.48. The zero-order chi connectivity index (χ0) is 29.9. The van der Waals surface area contributed by atoms with E-state index in [1.54, 1.807) is 29.0 Å². The number of anilines is 1. The summed E-state index contributed by atoms with van der Waals surface area (Å²) >= 11 is 3.23. The van der Waals surface area contributed by atoms with Crippen LogP contribution in [0.15, 0.2) is 93.6 Å². The van der Waals surface area contributed by atoms with E-state index in [0.717, 1.165) is 21.1 Å². The molecule has 2 heterocycles. The Morgan fingerprint density at radius 3 is 1.73 bits per heavy atom. The zero-order valence-electron chi connectivity index (χ0n) is 20.9. The summed E-state index contributed by atoms with van der Waals surface area (Å²) in [5, 5.41) is 39.5. The van der Waals surface area contributed by atoms with Crippen molar-refractivity contribution >= 4 is 69.4 Å². The fourth-order valence-corrected chi connectivity index (χ4v) is 3.60. The number of carbonyl (C=O) groups is 4. The Labute approximate surface area is 236 Å². The van der Waals surface area contributed by atoms with Crippen LogP contribution in [0, 0.1) is 0 Å². The maximum atomic E-state index is 9.55. The molecule has 14 heteroatoms. The summed E-state index contributed by atoms with van der Waals surface area (Å²) in [4.78, 5) is 48.2. The van der Waals surface area contributed by atoms with Gasteiger partial charge < -0.3 is 31.5 Å². The van der Waals surface area contributed by atoms with Crippen LogP contribution in [-0.4, -0.2) is 56.5 Å². The standard InChI is InChI=1S/C18H18N4S2.2C4H4O4/c1-13(20-12-21-17-5-3-11-24-17)14-6-8-15(9-7-14)22-18(19)16-4-2-10-23-16;2*5-3(6)1-2-4(7)8/h2-13H,1H3,(H2,19,22)(H,20,21);2*1-2H,(H,5,6)(H,7,8)/b;2*2-1+. The molecule has 0 radical (unpaired) electrons. The van der Waals surface area contributed by atoms with Gasteiger partial charge in [-0.1, -0.05) is 18.2 Å². The fourth-order valence-electron chi connectivity index (χ4n) is 2.39. The van der Waals surface area contributed by atoms with E-state index in [2.05, 4.69) is 22.2 Å². The van der Waals surface area contributed by atoms with Crippen molar-refractivity contribution in [1.29, 1.82) is 0 Å². The van der Waals surface area contributed by atoms with Gasteiger partial charge in [-0.25, -0.2) is 24.2 Å². The summed E-state index contributed by atoms with van der Waals surface area (Å²) in [6, 6.07) is 16.0. The van der Waals surface area contributed by atoms with Crippen molar-refractivity contribution in [2.45, 2.75) is 13.0 Å². The van der Waals surface area contributed by atoms with E-state index < -0.39 is 23.9 Å². The first-order valence-electron chi connectivity index (χ1n) is 11.1. The Hall–Kier alpha value is -5.08.